The van der Waals surface area contributed by atoms with E-state index in [9.17, 15) is 4.91 Å². The van der Waals surface area contributed by atoms with E-state index in [0.29, 0.717) is 13.1 Å². The van der Waals surface area contributed by atoms with E-state index < -0.39 is 0 Å². The van der Waals surface area contributed by atoms with E-state index in [4.69, 9.17) is 5.73 Å². The summed E-state index contributed by atoms with van der Waals surface area (Å²) in [5.41, 5.74) is 5.13. The average molecular weight is 102 g/mol. The monoisotopic (exact) mass is 102 g/mol. The van der Waals surface area contributed by atoms with E-state index in [2.05, 4.69) is 5.18 Å². The summed E-state index contributed by atoms with van der Waals surface area (Å²) < 4.78 is 0. The summed E-state index contributed by atoms with van der Waals surface area (Å²) in [6, 6.07) is 0. The van der Waals surface area contributed by atoms with Crippen molar-refractivity contribution in [2.45, 2.75) is 12.8 Å². The maximum Gasteiger partial charge on any atom is 0.0811 e. The van der Waals surface area contributed by atoms with Crippen molar-refractivity contribution in [3.63, 3.8) is 0 Å². The molecule has 0 unspecified atom stereocenters. The zero-order valence-corrected chi connectivity index (χ0v) is 4.26. The third kappa shape index (κ3) is 5.56. The Morgan fingerprint density at radius 2 is 2.14 bits per heavy atom. The molecule has 0 saturated heterocycles. The highest BCUT2D eigenvalue weighted by Gasteiger charge is 1.80. The molecule has 0 fully saturated rings. The number of nitrogens with two attached hydrogens (primary N) is 1. The van der Waals surface area contributed by atoms with Crippen LogP contribution >= 0.6 is 0 Å². The normalized spacial score (nSPS) is 8.71. The van der Waals surface area contributed by atoms with Gasteiger partial charge in [0.2, 0.25) is 0 Å². The Morgan fingerprint density at radius 3 is 2.57 bits per heavy atom. The highest BCUT2D eigenvalue weighted by Crippen LogP contribution is 1.83. The molecule has 3 heteroatoms. The van der Waals surface area contributed by atoms with Crippen LogP contribution in [-0.4, -0.2) is 13.1 Å². The van der Waals surface area contributed by atoms with E-state index in [1.807, 2.05) is 0 Å². The van der Waals surface area contributed by atoms with Crippen LogP contribution in [0, 0.1) is 4.91 Å². The zero-order valence-electron chi connectivity index (χ0n) is 4.26. The second-order valence-electron chi connectivity index (χ2n) is 1.35. The molecule has 0 amide bonds. The highest BCUT2D eigenvalue weighted by molar-refractivity contribution is 4.42. The van der Waals surface area contributed by atoms with Crippen LogP contribution in [0.5, 0.6) is 0 Å². The molecule has 0 aromatic carbocycles. The first-order valence-electron chi connectivity index (χ1n) is 2.41. The van der Waals surface area contributed by atoms with E-state index in [1.54, 1.807) is 0 Å². The summed E-state index contributed by atoms with van der Waals surface area (Å²) in [5, 5.41) is 2.67. The molecule has 2 N–H and O–H groups in total. The molecule has 0 aromatic rings. The highest BCUT2D eigenvalue weighted by atomic mass is 16.3. The Kier molecular flexibility index (Phi) is 5.21. The van der Waals surface area contributed by atoms with Crippen molar-refractivity contribution in [2.24, 2.45) is 10.9 Å². The Hall–Kier alpha value is -0.440. The molecule has 0 radical (unpaired) electrons. The molecule has 7 heavy (non-hydrogen) atoms. The first-order valence-corrected chi connectivity index (χ1v) is 2.41. The van der Waals surface area contributed by atoms with Crippen molar-refractivity contribution in [1.29, 1.82) is 0 Å². The third-order valence-corrected chi connectivity index (χ3v) is 0.704. The number of rotatable bonds is 4. The lowest BCUT2D eigenvalue weighted by atomic mass is 10.3. The maximum atomic E-state index is 9.39. The quantitative estimate of drug-likeness (QED) is 0.415. The molecule has 0 rings (SSSR count). The zero-order chi connectivity index (χ0) is 5.54. The van der Waals surface area contributed by atoms with E-state index in [0.717, 1.165) is 12.8 Å². The van der Waals surface area contributed by atoms with Gasteiger partial charge in [-0.25, -0.2) is 0 Å². The summed E-state index contributed by atoms with van der Waals surface area (Å²) in [6.45, 7) is 1.08. The van der Waals surface area contributed by atoms with E-state index >= 15 is 0 Å². The van der Waals surface area contributed by atoms with Crippen LogP contribution in [0.4, 0.5) is 0 Å². The van der Waals surface area contributed by atoms with E-state index in [1.165, 1.54) is 0 Å². The van der Waals surface area contributed by atoms with E-state index in [-0.39, 0.29) is 0 Å². The van der Waals surface area contributed by atoms with Gasteiger partial charge >= 0.3 is 0 Å². The van der Waals surface area contributed by atoms with Gasteiger partial charge in [-0.2, -0.15) is 4.91 Å². The van der Waals surface area contributed by atoms with Crippen LogP contribution in [0.3, 0.4) is 0 Å². The van der Waals surface area contributed by atoms with Gasteiger partial charge in [0.1, 0.15) is 0 Å². The molecular formula is C4H10N2O. The lowest BCUT2D eigenvalue weighted by Gasteiger charge is -1.85. The minimum atomic E-state index is 0.414. The van der Waals surface area contributed by atoms with Gasteiger partial charge in [0.15, 0.2) is 0 Å². The van der Waals surface area contributed by atoms with Crippen molar-refractivity contribution in [2.75, 3.05) is 13.1 Å². The molecular weight excluding hydrogens is 92.1 g/mol. The average Bonchev–Trinajstić information content (AvgIpc) is 1.69. The fourth-order valence-electron chi connectivity index (χ4n) is 0.321. The minimum absolute atomic E-state index is 0.414. The van der Waals surface area contributed by atoms with Gasteiger partial charge in [0.05, 0.1) is 6.54 Å². The Balaban J connectivity index is 2.56. The largest absolute Gasteiger partial charge is 0.330 e. The van der Waals surface area contributed by atoms with Crippen LogP contribution in [0.25, 0.3) is 0 Å². The summed E-state index contributed by atoms with van der Waals surface area (Å²) >= 11 is 0. The van der Waals surface area contributed by atoms with Crippen molar-refractivity contribution in [3.05, 3.63) is 4.91 Å². The van der Waals surface area contributed by atoms with Crippen molar-refractivity contribution < 1.29 is 0 Å². The lowest BCUT2D eigenvalue weighted by Crippen LogP contribution is -1.98. The smallest absolute Gasteiger partial charge is 0.0811 e. The number of hydrogen-bond donors (Lipinski definition) is 1. The summed E-state index contributed by atoms with van der Waals surface area (Å²) in [7, 11) is 0. The minimum Gasteiger partial charge on any atom is -0.330 e. The van der Waals surface area contributed by atoms with Gasteiger partial charge in [-0.05, 0) is 19.4 Å². The number of unbranched alkanes of at least 4 members (excludes halogenated alkanes) is 1. The van der Waals surface area contributed by atoms with Crippen molar-refractivity contribution in [3.8, 4) is 0 Å². The van der Waals surface area contributed by atoms with Gasteiger partial charge in [-0.15, -0.1) is 0 Å². The number of nitrogens with zero attached hydrogens (tertiary/aromatic N) is 1. The predicted octanol–water partition coefficient (Wildman–Crippen LogP) is 0.492. The van der Waals surface area contributed by atoms with Crippen molar-refractivity contribution in [1.82, 2.24) is 0 Å². The van der Waals surface area contributed by atoms with Gasteiger partial charge in [-0.1, -0.05) is 5.18 Å². The molecule has 0 aliphatic rings. The van der Waals surface area contributed by atoms with Gasteiger partial charge in [-0.3, -0.25) is 0 Å². The topological polar surface area (TPSA) is 55.4 Å². The molecule has 0 aliphatic heterocycles. The first kappa shape index (κ1) is 6.56. The molecule has 0 heterocycles. The summed E-state index contributed by atoms with van der Waals surface area (Å²) in [4.78, 5) is 9.39. The third-order valence-electron chi connectivity index (χ3n) is 0.704. The second kappa shape index (κ2) is 5.56. The molecule has 0 bridgehead atoms. The fraction of sp³-hybridized carbons (Fsp3) is 1.00. The summed E-state index contributed by atoms with van der Waals surface area (Å²) in [5.74, 6) is 0. The summed E-state index contributed by atoms with van der Waals surface area (Å²) in [6.07, 6.45) is 1.74. The molecule has 42 valence electrons. The number of hydrogen-bond acceptors (Lipinski definition) is 3. The molecule has 0 saturated carbocycles. The Labute approximate surface area is 42.9 Å². The molecule has 0 aliphatic carbocycles. The first-order chi connectivity index (χ1) is 3.41. The fourth-order valence-corrected chi connectivity index (χ4v) is 0.321. The molecule has 0 atom stereocenters. The second-order valence-corrected chi connectivity index (χ2v) is 1.35. The standard InChI is InChI=1S/C4H10N2O/c5-3-1-2-4-6-7/h1-5H2. The van der Waals surface area contributed by atoms with Crippen LogP contribution in [-0.2, 0) is 0 Å². The Morgan fingerprint density at radius 1 is 1.43 bits per heavy atom. The van der Waals surface area contributed by atoms with Crippen LogP contribution in [0.1, 0.15) is 12.8 Å². The maximum absolute atomic E-state index is 9.39. The number of nitroso groups, excluding NO2 is 1. The predicted molar refractivity (Wildman–Crippen MR) is 29.0 cm³/mol. The molecule has 0 spiro atoms. The van der Waals surface area contributed by atoms with Gasteiger partial charge in [0, 0.05) is 0 Å². The van der Waals surface area contributed by atoms with Gasteiger partial charge < -0.3 is 5.73 Å². The van der Waals surface area contributed by atoms with Gasteiger partial charge in [0.25, 0.3) is 0 Å². The lowest BCUT2D eigenvalue weighted by molar-refractivity contribution is 0.753. The van der Waals surface area contributed by atoms with Crippen LogP contribution < -0.4 is 5.73 Å². The van der Waals surface area contributed by atoms with Crippen LogP contribution in [0.15, 0.2) is 5.18 Å². The van der Waals surface area contributed by atoms with Crippen molar-refractivity contribution >= 4 is 0 Å². The SMILES string of the molecule is NCCCCN=O. The Bertz CT molecular complexity index is 47.0. The van der Waals surface area contributed by atoms with Crippen LogP contribution in [0.2, 0.25) is 0 Å². The molecule has 0 aromatic heterocycles. The molecule has 3 nitrogen and oxygen atoms in total.